The van der Waals surface area contributed by atoms with Gasteiger partial charge in [-0.25, -0.2) is 4.98 Å². The van der Waals surface area contributed by atoms with Gasteiger partial charge in [-0.05, 0) is 43.2 Å². The molecule has 0 aliphatic heterocycles. The monoisotopic (exact) mass is 356 g/mol. The summed E-state index contributed by atoms with van der Waals surface area (Å²) < 4.78 is 1.87. The number of aryl methyl sites for hydroxylation is 2. The van der Waals surface area contributed by atoms with Crippen molar-refractivity contribution in [1.29, 1.82) is 0 Å². The van der Waals surface area contributed by atoms with Crippen molar-refractivity contribution in [3.05, 3.63) is 89.5 Å². The van der Waals surface area contributed by atoms with Crippen LogP contribution < -0.4 is 5.32 Å². The van der Waals surface area contributed by atoms with Crippen LogP contribution in [0.4, 0.5) is 0 Å². The number of hydrogen-bond donors (Lipinski definition) is 1. The molecule has 0 radical (unpaired) electrons. The Hall–Kier alpha value is -3.47. The zero-order valence-corrected chi connectivity index (χ0v) is 15.3. The number of pyridine rings is 2. The molecular formula is C22H20N4O. The van der Waals surface area contributed by atoms with E-state index in [0.29, 0.717) is 17.9 Å². The van der Waals surface area contributed by atoms with E-state index in [0.717, 1.165) is 22.3 Å². The Morgan fingerprint density at radius 3 is 2.41 bits per heavy atom. The lowest BCUT2D eigenvalue weighted by molar-refractivity contribution is 0.0945. The predicted octanol–water partition coefficient (Wildman–Crippen LogP) is 3.94. The van der Waals surface area contributed by atoms with Gasteiger partial charge in [-0.3, -0.25) is 14.2 Å². The number of imidazole rings is 1. The molecule has 4 rings (SSSR count). The number of aromatic nitrogens is 3. The van der Waals surface area contributed by atoms with Crippen LogP contribution >= 0.6 is 0 Å². The fourth-order valence-electron chi connectivity index (χ4n) is 3.05. The van der Waals surface area contributed by atoms with Crippen molar-refractivity contribution in [3.8, 4) is 11.3 Å². The fraction of sp³-hybridized carbons (Fsp3) is 0.136. The van der Waals surface area contributed by atoms with E-state index in [1.807, 2.05) is 73.0 Å². The molecule has 0 saturated carbocycles. The van der Waals surface area contributed by atoms with Crippen molar-refractivity contribution in [2.45, 2.75) is 20.4 Å². The normalized spacial score (nSPS) is 10.9. The van der Waals surface area contributed by atoms with Gasteiger partial charge < -0.3 is 5.32 Å². The highest BCUT2D eigenvalue weighted by molar-refractivity contribution is 5.99. The third-order valence-corrected chi connectivity index (χ3v) is 4.51. The van der Waals surface area contributed by atoms with E-state index in [9.17, 15) is 4.79 Å². The van der Waals surface area contributed by atoms with E-state index < -0.39 is 0 Å². The van der Waals surface area contributed by atoms with Gasteiger partial charge in [-0.1, -0.05) is 35.9 Å². The molecule has 4 aromatic rings. The lowest BCUT2D eigenvalue weighted by Crippen LogP contribution is -2.24. The highest BCUT2D eigenvalue weighted by atomic mass is 16.1. The first-order valence-electron chi connectivity index (χ1n) is 8.84. The van der Waals surface area contributed by atoms with Crippen LogP contribution in [0.25, 0.3) is 16.9 Å². The molecule has 0 bridgehead atoms. The maximum Gasteiger partial charge on any atom is 0.270 e. The molecule has 1 N–H and O–H groups in total. The van der Waals surface area contributed by atoms with Gasteiger partial charge in [0.05, 0.1) is 0 Å². The summed E-state index contributed by atoms with van der Waals surface area (Å²) in [5.41, 5.74) is 6.15. The summed E-state index contributed by atoms with van der Waals surface area (Å²) in [6, 6.07) is 15.8. The second-order valence-corrected chi connectivity index (χ2v) is 6.65. The van der Waals surface area contributed by atoms with Gasteiger partial charge in [0.2, 0.25) is 0 Å². The van der Waals surface area contributed by atoms with Crippen LogP contribution in [-0.4, -0.2) is 20.3 Å². The summed E-state index contributed by atoms with van der Waals surface area (Å²) >= 11 is 0. The highest BCUT2D eigenvalue weighted by Gasteiger charge is 2.20. The van der Waals surface area contributed by atoms with Gasteiger partial charge >= 0.3 is 0 Å². The molecule has 3 heterocycles. The Balaban J connectivity index is 1.76. The quantitative estimate of drug-likeness (QED) is 0.602. The molecule has 0 atom stereocenters. The van der Waals surface area contributed by atoms with E-state index in [4.69, 9.17) is 4.98 Å². The van der Waals surface area contributed by atoms with Gasteiger partial charge in [0, 0.05) is 30.7 Å². The summed E-state index contributed by atoms with van der Waals surface area (Å²) in [6.45, 7) is 4.48. The fourth-order valence-corrected chi connectivity index (χ4v) is 3.05. The maximum atomic E-state index is 13.1. The van der Waals surface area contributed by atoms with Crippen LogP contribution in [-0.2, 0) is 6.54 Å². The third kappa shape index (κ3) is 3.44. The molecular weight excluding hydrogens is 336 g/mol. The van der Waals surface area contributed by atoms with Crippen molar-refractivity contribution in [2.24, 2.45) is 0 Å². The van der Waals surface area contributed by atoms with Gasteiger partial charge in [0.15, 0.2) is 0 Å². The SMILES string of the molecule is Cc1ccc(-c2nc3ccc(C)cn3c2C(=O)NCc2ccncc2)cc1. The number of amides is 1. The number of nitrogens with zero attached hydrogens (tertiary/aromatic N) is 3. The highest BCUT2D eigenvalue weighted by Crippen LogP contribution is 2.25. The van der Waals surface area contributed by atoms with Crippen molar-refractivity contribution < 1.29 is 4.79 Å². The van der Waals surface area contributed by atoms with Crippen LogP contribution in [0.2, 0.25) is 0 Å². The number of carbonyl (C=O) groups is 1. The summed E-state index contributed by atoms with van der Waals surface area (Å²) in [4.78, 5) is 21.8. The number of benzene rings is 1. The summed E-state index contributed by atoms with van der Waals surface area (Å²) in [5.74, 6) is -0.152. The second-order valence-electron chi connectivity index (χ2n) is 6.65. The van der Waals surface area contributed by atoms with Crippen LogP contribution in [0.3, 0.4) is 0 Å². The van der Waals surface area contributed by atoms with Gasteiger partial charge in [0.1, 0.15) is 17.0 Å². The predicted molar refractivity (Wildman–Crippen MR) is 106 cm³/mol. The third-order valence-electron chi connectivity index (χ3n) is 4.51. The first-order valence-corrected chi connectivity index (χ1v) is 8.84. The van der Waals surface area contributed by atoms with Crippen molar-refractivity contribution in [3.63, 3.8) is 0 Å². The Labute approximate surface area is 157 Å². The smallest absolute Gasteiger partial charge is 0.270 e. The van der Waals surface area contributed by atoms with E-state index >= 15 is 0 Å². The minimum absolute atomic E-state index is 0.152. The largest absolute Gasteiger partial charge is 0.347 e. The maximum absolute atomic E-state index is 13.1. The lowest BCUT2D eigenvalue weighted by Gasteiger charge is -2.08. The topological polar surface area (TPSA) is 59.3 Å². The van der Waals surface area contributed by atoms with Crippen LogP contribution in [0.15, 0.2) is 67.1 Å². The first kappa shape index (κ1) is 17.0. The molecule has 0 aliphatic rings. The van der Waals surface area contributed by atoms with Crippen molar-refractivity contribution >= 4 is 11.6 Å². The summed E-state index contributed by atoms with van der Waals surface area (Å²) in [7, 11) is 0. The molecule has 3 aromatic heterocycles. The van der Waals surface area contributed by atoms with Crippen LogP contribution in [0.5, 0.6) is 0 Å². The number of nitrogens with one attached hydrogen (secondary N) is 1. The van der Waals surface area contributed by atoms with E-state index in [1.54, 1.807) is 12.4 Å². The lowest BCUT2D eigenvalue weighted by atomic mass is 10.1. The van der Waals surface area contributed by atoms with Gasteiger partial charge in [0.25, 0.3) is 5.91 Å². The molecule has 5 heteroatoms. The van der Waals surface area contributed by atoms with E-state index in [-0.39, 0.29) is 5.91 Å². The molecule has 1 amide bonds. The second kappa shape index (κ2) is 7.03. The molecule has 134 valence electrons. The Bertz CT molecular complexity index is 1100. The molecule has 0 unspecified atom stereocenters. The molecule has 27 heavy (non-hydrogen) atoms. The zero-order chi connectivity index (χ0) is 18.8. The molecule has 5 nitrogen and oxygen atoms in total. The van der Waals surface area contributed by atoms with Crippen molar-refractivity contribution in [2.75, 3.05) is 0 Å². The number of fused-ring (bicyclic) bond motifs is 1. The van der Waals surface area contributed by atoms with Gasteiger partial charge in [-0.15, -0.1) is 0 Å². The standard InChI is InChI=1S/C22H20N4O/c1-15-3-6-18(7-4-15)20-21(26-14-16(2)5-8-19(26)25-20)22(27)24-13-17-9-11-23-12-10-17/h3-12,14H,13H2,1-2H3,(H,24,27). The Kier molecular flexibility index (Phi) is 4.42. The number of rotatable bonds is 4. The zero-order valence-electron chi connectivity index (χ0n) is 15.3. The minimum atomic E-state index is -0.152. The Morgan fingerprint density at radius 2 is 1.67 bits per heavy atom. The molecule has 0 spiro atoms. The van der Waals surface area contributed by atoms with Crippen molar-refractivity contribution in [1.82, 2.24) is 19.7 Å². The molecule has 0 aliphatic carbocycles. The number of carbonyl (C=O) groups excluding carboxylic acids is 1. The molecule has 1 aromatic carbocycles. The molecule has 0 fully saturated rings. The van der Waals surface area contributed by atoms with E-state index in [2.05, 4.69) is 10.3 Å². The average molecular weight is 356 g/mol. The summed E-state index contributed by atoms with van der Waals surface area (Å²) in [5, 5.41) is 3.01. The van der Waals surface area contributed by atoms with Crippen LogP contribution in [0, 0.1) is 13.8 Å². The Morgan fingerprint density at radius 1 is 0.963 bits per heavy atom. The van der Waals surface area contributed by atoms with Gasteiger partial charge in [-0.2, -0.15) is 0 Å². The van der Waals surface area contributed by atoms with E-state index in [1.165, 1.54) is 5.56 Å². The first-order chi connectivity index (χ1) is 13.1. The summed E-state index contributed by atoms with van der Waals surface area (Å²) in [6.07, 6.45) is 5.38. The molecule has 0 saturated heterocycles. The minimum Gasteiger partial charge on any atom is -0.347 e. The van der Waals surface area contributed by atoms with Crippen LogP contribution in [0.1, 0.15) is 27.2 Å². The average Bonchev–Trinajstić information content (AvgIpc) is 3.06. The number of hydrogen-bond acceptors (Lipinski definition) is 3.